The van der Waals surface area contributed by atoms with Gasteiger partial charge in [-0.3, -0.25) is 5.84 Å². The molecule has 1 unspecified atom stereocenters. The monoisotopic (exact) mass is 230 g/mol. The van der Waals surface area contributed by atoms with E-state index in [2.05, 4.69) is 5.43 Å². The number of halogens is 2. The average Bonchev–Trinajstić information content (AvgIpc) is 2.20. The van der Waals surface area contributed by atoms with Crippen molar-refractivity contribution in [2.75, 3.05) is 0 Å². The molecule has 0 saturated heterocycles. The van der Waals surface area contributed by atoms with Crippen molar-refractivity contribution in [1.82, 2.24) is 5.43 Å². The highest BCUT2D eigenvalue weighted by Crippen LogP contribution is 2.22. The number of hydrogen-bond donors (Lipinski definition) is 2. The van der Waals surface area contributed by atoms with Gasteiger partial charge in [0.25, 0.3) is 6.43 Å². The van der Waals surface area contributed by atoms with E-state index in [0.29, 0.717) is 11.3 Å². The third kappa shape index (κ3) is 3.43. The molecule has 0 aliphatic heterocycles. The molecule has 3 N–H and O–H groups in total. The van der Waals surface area contributed by atoms with Crippen LogP contribution in [-0.4, -0.2) is 12.5 Å². The van der Waals surface area contributed by atoms with Gasteiger partial charge in [-0.1, -0.05) is 12.1 Å². The Morgan fingerprint density at radius 3 is 2.12 bits per heavy atom. The first-order valence-corrected chi connectivity index (χ1v) is 5.05. The van der Waals surface area contributed by atoms with Crippen molar-refractivity contribution in [3.05, 3.63) is 29.8 Å². The Balaban J connectivity index is 2.77. The summed E-state index contributed by atoms with van der Waals surface area (Å²) in [6.45, 7) is 3.80. The molecule has 1 atom stereocenters. The summed E-state index contributed by atoms with van der Waals surface area (Å²) in [5.74, 6) is 5.72. The van der Waals surface area contributed by atoms with E-state index < -0.39 is 12.5 Å². The minimum Gasteiger partial charge on any atom is -0.491 e. The fraction of sp³-hybridized carbons (Fsp3) is 0.455. The molecule has 0 spiro atoms. The maximum Gasteiger partial charge on any atom is 0.259 e. The molecular formula is C11H16F2N2O. The molecule has 0 aromatic heterocycles. The summed E-state index contributed by atoms with van der Waals surface area (Å²) in [6, 6.07) is 5.32. The number of hydrogen-bond acceptors (Lipinski definition) is 3. The predicted molar refractivity (Wildman–Crippen MR) is 58.3 cm³/mol. The molecule has 0 fully saturated rings. The lowest BCUT2D eigenvalue weighted by atomic mass is 10.1. The Kier molecular flexibility index (Phi) is 4.64. The highest BCUT2D eigenvalue weighted by molar-refractivity contribution is 5.29. The van der Waals surface area contributed by atoms with Gasteiger partial charge in [-0.2, -0.15) is 0 Å². The maximum atomic E-state index is 12.5. The topological polar surface area (TPSA) is 47.3 Å². The van der Waals surface area contributed by atoms with E-state index in [1.54, 1.807) is 24.3 Å². The quantitative estimate of drug-likeness (QED) is 0.602. The molecule has 16 heavy (non-hydrogen) atoms. The Hall–Kier alpha value is -1.20. The van der Waals surface area contributed by atoms with Gasteiger partial charge in [-0.25, -0.2) is 14.2 Å². The summed E-state index contributed by atoms with van der Waals surface area (Å²) < 4.78 is 30.4. The number of ether oxygens (including phenoxy) is 1. The van der Waals surface area contributed by atoms with E-state index in [4.69, 9.17) is 10.6 Å². The predicted octanol–water partition coefficient (Wildman–Crippen LogP) is 2.24. The van der Waals surface area contributed by atoms with Crippen LogP contribution in [0, 0.1) is 0 Å². The standard InChI is InChI=1S/C11H16F2N2O/c1-7(2)16-9-5-3-8(4-6-9)10(15-14)11(12)13/h3-7,10-11,15H,14H2,1-2H3. The lowest BCUT2D eigenvalue weighted by Crippen LogP contribution is -2.32. The van der Waals surface area contributed by atoms with Crippen molar-refractivity contribution in [3.8, 4) is 5.75 Å². The molecule has 90 valence electrons. The molecule has 1 rings (SSSR count). The van der Waals surface area contributed by atoms with E-state index in [1.165, 1.54) is 0 Å². The van der Waals surface area contributed by atoms with Gasteiger partial charge in [0.2, 0.25) is 0 Å². The van der Waals surface area contributed by atoms with Gasteiger partial charge in [-0.05, 0) is 31.5 Å². The van der Waals surface area contributed by atoms with Gasteiger partial charge in [-0.15, -0.1) is 0 Å². The van der Waals surface area contributed by atoms with E-state index in [-0.39, 0.29) is 6.10 Å². The Morgan fingerprint density at radius 2 is 1.75 bits per heavy atom. The van der Waals surface area contributed by atoms with Crippen LogP contribution in [-0.2, 0) is 0 Å². The van der Waals surface area contributed by atoms with Crippen LogP contribution in [0.3, 0.4) is 0 Å². The molecule has 5 heteroatoms. The van der Waals surface area contributed by atoms with Crippen LogP contribution in [0.1, 0.15) is 25.5 Å². The Labute approximate surface area is 93.6 Å². The third-order valence-corrected chi connectivity index (χ3v) is 2.04. The van der Waals surface area contributed by atoms with Crippen molar-refractivity contribution >= 4 is 0 Å². The summed E-state index contributed by atoms with van der Waals surface area (Å²) in [5.41, 5.74) is 2.53. The normalized spacial score (nSPS) is 13.2. The number of hydrazine groups is 1. The van der Waals surface area contributed by atoms with Crippen LogP contribution < -0.4 is 16.0 Å². The van der Waals surface area contributed by atoms with E-state index in [0.717, 1.165) is 0 Å². The van der Waals surface area contributed by atoms with Crippen molar-refractivity contribution in [1.29, 1.82) is 0 Å². The summed E-state index contributed by atoms with van der Waals surface area (Å²) in [6.07, 6.45) is -2.48. The molecule has 1 aromatic carbocycles. The highest BCUT2D eigenvalue weighted by Gasteiger charge is 2.20. The number of benzene rings is 1. The molecule has 0 aliphatic carbocycles. The first-order valence-electron chi connectivity index (χ1n) is 5.05. The molecule has 3 nitrogen and oxygen atoms in total. The zero-order valence-corrected chi connectivity index (χ0v) is 9.28. The van der Waals surface area contributed by atoms with Crippen molar-refractivity contribution < 1.29 is 13.5 Å². The highest BCUT2D eigenvalue weighted by atomic mass is 19.3. The van der Waals surface area contributed by atoms with Gasteiger partial charge >= 0.3 is 0 Å². The number of nitrogens with two attached hydrogens (primary N) is 1. The lowest BCUT2D eigenvalue weighted by molar-refractivity contribution is 0.0986. The minimum absolute atomic E-state index is 0.0596. The zero-order valence-electron chi connectivity index (χ0n) is 9.28. The van der Waals surface area contributed by atoms with Crippen LogP contribution >= 0.6 is 0 Å². The van der Waals surface area contributed by atoms with Crippen LogP contribution in [0.5, 0.6) is 5.75 Å². The molecular weight excluding hydrogens is 214 g/mol. The molecule has 0 saturated carbocycles. The van der Waals surface area contributed by atoms with E-state index in [9.17, 15) is 8.78 Å². The number of alkyl halides is 2. The van der Waals surface area contributed by atoms with E-state index >= 15 is 0 Å². The van der Waals surface area contributed by atoms with E-state index in [1.807, 2.05) is 13.8 Å². The molecule has 0 bridgehead atoms. The van der Waals surface area contributed by atoms with Gasteiger partial charge in [0.15, 0.2) is 0 Å². The fourth-order valence-corrected chi connectivity index (χ4v) is 1.34. The molecule has 0 amide bonds. The van der Waals surface area contributed by atoms with Gasteiger partial charge in [0.05, 0.1) is 6.10 Å². The molecule has 0 heterocycles. The maximum absolute atomic E-state index is 12.5. The first-order chi connectivity index (χ1) is 7.54. The lowest BCUT2D eigenvalue weighted by Gasteiger charge is -2.16. The van der Waals surface area contributed by atoms with Crippen LogP contribution in [0.25, 0.3) is 0 Å². The summed E-state index contributed by atoms with van der Waals surface area (Å²) in [7, 11) is 0. The smallest absolute Gasteiger partial charge is 0.259 e. The van der Waals surface area contributed by atoms with Crippen molar-refractivity contribution in [3.63, 3.8) is 0 Å². The fourth-order valence-electron chi connectivity index (χ4n) is 1.34. The van der Waals surface area contributed by atoms with Crippen LogP contribution in [0.4, 0.5) is 8.78 Å². The Bertz CT molecular complexity index is 314. The number of nitrogens with one attached hydrogen (secondary N) is 1. The second-order valence-corrected chi connectivity index (χ2v) is 3.71. The molecule has 0 aliphatic rings. The van der Waals surface area contributed by atoms with Gasteiger partial charge < -0.3 is 4.74 Å². The second kappa shape index (κ2) is 5.77. The van der Waals surface area contributed by atoms with Crippen molar-refractivity contribution in [2.24, 2.45) is 5.84 Å². The Morgan fingerprint density at radius 1 is 1.19 bits per heavy atom. The van der Waals surface area contributed by atoms with Gasteiger partial charge in [0, 0.05) is 0 Å². The second-order valence-electron chi connectivity index (χ2n) is 3.71. The number of rotatable bonds is 5. The summed E-state index contributed by atoms with van der Waals surface area (Å²) in [5, 5.41) is 0. The zero-order chi connectivity index (χ0) is 12.1. The molecule has 1 aromatic rings. The molecule has 0 radical (unpaired) electrons. The van der Waals surface area contributed by atoms with Gasteiger partial charge in [0.1, 0.15) is 11.8 Å². The SMILES string of the molecule is CC(C)Oc1ccc(C(NN)C(F)F)cc1. The van der Waals surface area contributed by atoms with Crippen LogP contribution in [0.15, 0.2) is 24.3 Å². The van der Waals surface area contributed by atoms with Crippen molar-refractivity contribution in [2.45, 2.75) is 32.4 Å². The summed E-state index contributed by atoms with van der Waals surface area (Å²) in [4.78, 5) is 0. The summed E-state index contributed by atoms with van der Waals surface area (Å²) >= 11 is 0. The van der Waals surface area contributed by atoms with Crippen LogP contribution in [0.2, 0.25) is 0 Å². The average molecular weight is 230 g/mol. The largest absolute Gasteiger partial charge is 0.491 e. The first kappa shape index (κ1) is 12.9. The minimum atomic E-state index is -2.54. The third-order valence-electron chi connectivity index (χ3n) is 2.04.